The number of anilines is 2. The van der Waals surface area contributed by atoms with Gasteiger partial charge < -0.3 is 4.90 Å². The number of nitrogens with zero attached hydrogens (tertiary/aromatic N) is 2. The average Bonchev–Trinajstić information content (AvgIpc) is 2.46. The summed E-state index contributed by atoms with van der Waals surface area (Å²) in [5, 5.41) is 9.04. The number of hydrogen-bond donors (Lipinski definition) is 0. The SMILES string of the molecule is Cc1ccc2c(c1)CCCN2c1ccc(C#N)c(C)c1. The monoisotopic (exact) mass is 262 g/mol. The van der Waals surface area contributed by atoms with Crippen LogP contribution in [0.15, 0.2) is 36.4 Å². The summed E-state index contributed by atoms with van der Waals surface area (Å²) in [7, 11) is 0. The van der Waals surface area contributed by atoms with Crippen LogP contribution in [0.1, 0.15) is 28.7 Å². The van der Waals surface area contributed by atoms with E-state index in [-0.39, 0.29) is 0 Å². The Labute approximate surface area is 120 Å². The number of rotatable bonds is 1. The smallest absolute Gasteiger partial charge is 0.0994 e. The summed E-state index contributed by atoms with van der Waals surface area (Å²) in [6.45, 7) is 5.19. The molecule has 0 unspecified atom stereocenters. The van der Waals surface area contributed by atoms with Crippen LogP contribution in [-0.4, -0.2) is 6.54 Å². The van der Waals surface area contributed by atoms with Gasteiger partial charge in [0, 0.05) is 17.9 Å². The van der Waals surface area contributed by atoms with Gasteiger partial charge in [0.05, 0.1) is 11.6 Å². The van der Waals surface area contributed by atoms with Crippen LogP contribution in [0.4, 0.5) is 11.4 Å². The van der Waals surface area contributed by atoms with Crippen molar-refractivity contribution in [1.82, 2.24) is 0 Å². The van der Waals surface area contributed by atoms with E-state index in [1.54, 1.807) is 0 Å². The topological polar surface area (TPSA) is 27.0 Å². The summed E-state index contributed by atoms with van der Waals surface area (Å²) in [6.07, 6.45) is 2.33. The number of benzene rings is 2. The number of aryl methyl sites for hydroxylation is 3. The summed E-state index contributed by atoms with van der Waals surface area (Å²) in [6, 6.07) is 15.0. The average molecular weight is 262 g/mol. The van der Waals surface area contributed by atoms with Gasteiger partial charge in [-0.05, 0) is 62.1 Å². The van der Waals surface area contributed by atoms with Crippen molar-refractivity contribution in [3.8, 4) is 6.07 Å². The lowest BCUT2D eigenvalue weighted by molar-refractivity contribution is 0.766. The van der Waals surface area contributed by atoms with Gasteiger partial charge in [0.25, 0.3) is 0 Å². The van der Waals surface area contributed by atoms with Crippen LogP contribution >= 0.6 is 0 Å². The van der Waals surface area contributed by atoms with E-state index < -0.39 is 0 Å². The highest BCUT2D eigenvalue weighted by molar-refractivity contribution is 5.69. The summed E-state index contributed by atoms with van der Waals surface area (Å²) in [5.41, 5.74) is 7.05. The normalized spacial score (nSPS) is 13.8. The van der Waals surface area contributed by atoms with Crippen molar-refractivity contribution in [2.75, 3.05) is 11.4 Å². The fourth-order valence-electron chi connectivity index (χ4n) is 2.94. The Hall–Kier alpha value is -2.27. The molecule has 2 aromatic carbocycles. The van der Waals surface area contributed by atoms with Crippen LogP contribution in [0.2, 0.25) is 0 Å². The van der Waals surface area contributed by atoms with Gasteiger partial charge in [-0.15, -0.1) is 0 Å². The molecule has 1 aliphatic rings. The largest absolute Gasteiger partial charge is 0.341 e. The third-order valence-electron chi connectivity index (χ3n) is 4.00. The molecular weight excluding hydrogens is 244 g/mol. The van der Waals surface area contributed by atoms with Gasteiger partial charge in [0.1, 0.15) is 0 Å². The lowest BCUT2D eigenvalue weighted by atomic mass is 9.98. The number of nitriles is 1. The minimum absolute atomic E-state index is 0.759. The zero-order valence-electron chi connectivity index (χ0n) is 12.0. The van der Waals surface area contributed by atoms with Crippen LogP contribution < -0.4 is 4.90 Å². The molecule has 0 fully saturated rings. The van der Waals surface area contributed by atoms with Crippen LogP contribution in [0, 0.1) is 25.2 Å². The first-order valence-corrected chi connectivity index (χ1v) is 7.07. The van der Waals surface area contributed by atoms with E-state index >= 15 is 0 Å². The highest BCUT2D eigenvalue weighted by Crippen LogP contribution is 2.34. The van der Waals surface area contributed by atoms with Crippen LogP contribution in [0.3, 0.4) is 0 Å². The summed E-state index contributed by atoms with van der Waals surface area (Å²) in [5.74, 6) is 0. The Morgan fingerprint density at radius 1 is 1.10 bits per heavy atom. The highest BCUT2D eigenvalue weighted by Gasteiger charge is 2.18. The van der Waals surface area contributed by atoms with E-state index in [0.717, 1.165) is 24.1 Å². The number of hydrogen-bond acceptors (Lipinski definition) is 2. The van der Waals surface area contributed by atoms with Gasteiger partial charge in [-0.25, -0.2) is 0 Å². The zero-order valence-corrected chi connectivity index (χ0v) is 12.0. The van der Waals surface area contributed by atoms with Gasteiger partial charge >= 0.3 is 0 Å². The van der Waals surface area contributed by atoms with E-state index in [2.05, 4.69) is 48.2 Å². The summed E-state index contributed by atoms with van der Waals surface area (Å²) in [4.78, 5) is 2.37. The molecule has 0 radical (unpaired) electrons. The predicted molar refractivity (Wildman–Crippen MR) is 82.4 cm³/mol. The molecule has 2 aromatic rings. The van der Waals surface area contributed by atoms with E-state index in [0.29, 0.717) is 0 Å². The molecular formula is C18H18N2. The molecule has 100 valence electrons. The molecule has 1 heterocycles. The summed E-state index contributed by atoms with van der Waals surface area (Å²) < 4.78 is 0. The second-order valence-corrected chi connectivity index (χ2v) is 5.50. The van der Waals surface area contributed by atoms with Gasteiger partial charge in [-0.1, -0.05) is 17.7 Å². The molecule has 0 bridgehead atoms. The Bertz CT molecular complexity index is 695. The molecule has 0 saturated heterocycles. The van der Waals surface area contributed by atoms with Gasteiger partial charge in [0.2, 0.25) is 0 Å². The lowest BCUT2D eigenvalue weighted by Gasteiger charge is -2.32. The van der Waals surface area contributed by atoms with Gasteiger partial charge in [-0.3, -0.25) is 0 Å². The third-order valence-corrected chi connectivity index (χ3v) is 4.00. The van der Waals surface area contributed by atoms with Crippen molar-refractivity contribution in [2.24, 2.45) is 0 Å². The van der Waals surface area contributed by atoms with E-state index in [4.69, 9.17) is 5.26 Å². The molecule has 0 aromatic heterocycles. The standard InChI is InChI=1S/C18H18N2/c1-13-5-8-18-15(10-13)4-3-9-20(18)17-7-6-16(12-19)14(2)11-17/h5-8,10-11H,3-4,9H2,1-2H3. The Morgan fingerprint density at radius 2 is 1.95 bits per heavy atom. The summed E-state index contributed by atoms with van der Waals surface area (Å²) >= 11 is 0. The molecule has 2 nitrogen and oxygen atoms in total. The minimum atomic E-state index is 0.759. The minimum Gasteiger partial charge on any atom is -0.341 e. The Kier molecular flexibility index (Phi) is 3.20. The fourth-order valence-corrected chi connectivity index (χ4v) is 2.94. The van der Waals surface area contributed by atoms with Crippen molar-refractivity contribution in [1.29, 1.82) is 5.26 Å². The molecule has 0 N–H and O–H groups in total. The first-order valence-electron chi connectivity index (χ1n) is 7.07. The van der Waals surface area contributed by atoms with Crippen LogP contribution in [0.25, 0.3) is 0 Å². The molecule has 3 rings (SSSR count). The van der Waals surface area contributed by atoms with Crippen LogP contribution in [0.5, 0.6) is 0 Å². The molecule has 20 heavy (non-hydrogen) atoms. The van der Waals surface area contributed by atoms with Crippen molar-refractivity contribution >= 4 is 11.4 Å². The quantitative estimate of drug-likeness (QED) is 0.767. The maximum absolute atomic E-state index is 9.04. The van der Waals surface area contributed by atoms with Crippen molar-refractivity contribution in [2.45, 2.75) is 26.7 Å². The van der Waals surface area contributed by atoms with Crippen molar-refractivity contribution < 1.29 is 0 Å². The third kappa shape index (κ3) is 2.16. The molecule has 0 saturated carbocycles. The van der Waals surface area contributed by atoms with Gasteiger partial charge in [-0.2, -0.15) is 5.26 Å². The second-order valence-electron chi connectivity index (χ2n) is 5.50. The first-order chi connectivity index (χ1) is 9.69. The molecule has 0 spiro atoms. The van der Waals surface area contributed by atoms with E-state index in [1.807, 2.05) is 13.0 Å². The lowest BCUT2D eigenvalue weighted by Crippen LogP contribution is -2.24. The van der Waals surface area contributed by atoms with Gasteiger partial charge in [0.15, 0.2) is 0 Å². The van der Waals surface area contributed by atoms with Crippen molar-refractivity contribution in [3.63, 3.8) is 0 Å². The highest BCUT2D eigenvalue weighted by atomic mass is 15.1. The molecule has 2 heteroatoms. The maximum atomic E-state index is 9.04. The van der Waals surface area contributed by atoms with Crippen LogP contribution in [-0.2, 0) is 6.42 Å². The Morgan fingerprint density at radius 3 is 2.70 bits per heavy atom. The van der Waals surface area contributed by atoms with E-state index in [1.165, 1.54) is 28.9 Å². The molecule has 0 atom stereocenters. The van der Waals surface area contributed by atoms with E-state index in [9.17, 15) is 0 Å². The molecule has 0 amide bonds. The molecule has 1 aliphatic heterocycles. The first kappa shape index (κ1) is 12.7. The number of fused-ring (bicyclic) bond motifs is 1. The maximum Gasteiger partial charge on any atom is 0.0994 e. The zero-order chi connectivity index (χ0) is 14.1. The predicted octanol–water partition coefficient (Wildman–Crippen LogP) is 4.26. The molecule has 0 aliphatic carbocycles. The fraction of sp³-hybridized carbons (Fsp3) is 0.278. The van der Waals surface area contributed by atoms with Crippen molar-refractivity contribution in [3.05, 3.63) is 58.7 Å². The Balaban J connectivity index is 2.05. The second kappa shape index (κ2) is 5.02.